The van der Waals surface area contributed by atoms with Crippen molar-refractivity contribution in [1.82, 2.24) is 5.32 Å². The Balaban J connectivity index is 2.79. The number of amides is 1. The summed E-state index contributed by atoms with van der Waals surface area (Å²) in [5, 5.41) is 2.75. The van der Waals surface area contributed by atoms with Gasteiger partial charge in [0.1, 0.15) is 5.60 Å². The van der Waals surface area contributed by atoms with Crippen molar-refractivity contribution >= 4 is 11.9 Å². The maximum atomic E-state index is 12.7. The van der Waals surface area contributed by atoms with Gasteiger partial charge in [-0.05, 0) is 50.8 Å². The molecule has 0 radical (unpaired) electrons. The van der Waals surface area contributed by atoms with Crippen LogP contribution in [0.4, 0.5) is 0 Å². The molecule has 7 heteroatoms. The van der Waals surface area contributed by atoms with E-state index in [9.17, 15) is 9.59 Å². The quantitative estimate of drug-likeness (QED) is 0.529. The highest BCUT2D eigenvalue weighted by molar-refractivity contribution is 6.07. The summed E-state index contributed by atoms with van der Waals surface area (Å²) in [7, 11) is 3.14. The molecular formula is C20H32N2O5. The number of carbonyl (C=O) groups is 2. The Hall–Kier alpha value is -2.28. The number of nitrogens with two attached hydrogens (primary N) is 1. The summed E-state index contributed by atoms with van der Waals surface area (Å²) >= 11 is 0. The third-order valence-corrected chi connectivity index (χ3v) is 4.17. The van der Waals surface area contributed by atoms with Gasteiger partial charge < -0.3 is 25.3 Å². The number of hydrogen-bond donors (Lipinski definition) is 2. The first-order chi connectivity index (χ1) is 12.5. The normalized spacial score (nSPS) is 13.7. The van der Waals surface area contributed by atoms with Crippen LogP contribution < -0.4 is 20.5 Å². The maximum absolute atomic E-state index is 12.7. The molecule has 0 spiro atoms. The molecule has 1 rings (SSSR count). The summed E-state index contributed by atoms with van der Waals surface area (Å²) in [4.78, 5) is 25.2. The molecule has 1 amide bonds. The highest BCUT2D eigenvalue weighted by Crippen LogP contribution is 2.27. The molecule has 0 aromatic heterocycles. The molecule has 7 nitrogen and oxygen atoms in total. The number of rotatable bonds is 8. The molecule has 0 saturated carbocycles. The van der Waals surface area contributed by atoms with Gasteiger partial charge >= 0.3 is 5.97 Å². The van der Waals surface area contributed by atoms with Crippen LogP contribution in [0.3, 0.4) is 0 Å². The summed E-state index contributed by atoms with van der Waals surface area (Å²) in [6, 6.07) is 5.54. The van der Waals surface area contributed by atoms with Crippen molar-refractivity contribution in [3.8, 4) is 11.5 Å². The standard InChI is InChI=1S/C20H32N2O5/c1-13(2)20(21,18(24)27-19(3,4)5)17(23)22-11-10-14-8-9-15(25-6)16(12-14)26-7/h8-9,12-13H,10-11,21H2,1-7H3,(H,22,23)/t20-/m0/s1. The van der Waals surface area contributed by atoms with Crippen LogP contribution in [-0.2, 0) is 20.7 Å². The van der Waals surface area contributed by atoms with E-state index in [1.54, 1.807) is 54.9 Å². The first-order valence-corrected chi connectivity index (χ1v) is 8.97. The van der Waals surface area contributed by atoms with E-state index >= 15 is 0 Å². The summed E-state index contributed by atoms with van der Waals surface area (Å²) in [6.07, 6.45) is 0.550. The van der Waals surface area contributed by atoms with E-state index in [1.165, 1.54) is 0 Å². The average Bonchev–Trinajstić information content (AvgIpc) is 2.58. The zero-order valence-electron chi connectivity index (χ0n) is 17.3. The van der Waals surface area contributed by atoms with E-state index < -0.39 is 28.9 Å². The largest absolute Gasteiger partial charge is 0.493 e. The van der Waals surface area contributed by atoms with Crippen LogP contribution in [-0.4, -0.2) is 43.8 Å². The first kappa shape index (κ1) is 22.8. The highest BCUT2D eigenvalue weighted by Gasteiger charge is 2.47. The van der Waals surface area contributed by atoms with Crippen molar-refractivity contribution in [3.63, 3.8) is 0 Å². The molecule has 0 unspecified atom stereocenters. The van der Waals surface area contributed by atoms with Crippen LogP contribution in [0.1, 0.15) is 40.2 Å². The van der Waals surface area contributed by atoms with Gasteiger partial charge in [-0.3, -0.25) is 4.79 Å². The lowest BCUT2D eigenvalue weighted by Gasteiger charge is -2.32. The topological polar surface area (TPSA) is 99.9 Å². The van der Waals surface area contributed by atoms with Gasteiger partial charge in [-0.15, -0.1) is 0 Å². The maximum Gasteiger partial charge on any atom is 0.336 e. The van der Waals surface area contributed by atoms with E-state index in [0.717, 1.165) is 5.56 Å². The smallest absolute Gasteiger partial charge is 0.336 e. The second-order valence-electron chi connectivity index (χ2n) is 7.72. The molecule has 1 aromatic rings. The number of methoxy groups -OCH3 is 2. The van der Waals surface area contributed by atoms with E-state index in [2.05, 4.69) is 5.32 Å². The second kappa shape index (κ2) is 9.08. The van der Waals surface area contributed by atoms with Gasteiger partial charge in [-0.25, -0.2) is 4.79 Å². The van der Waals surface area contributed by atoms with Gasteiger partial charge in [0.2, 0.25) is 0 Å². The van der Waals surface area contributed by atoms with Crippen molar-refractivity contribution in [2.75, 3.05) is 20.8 Å². The predicted octanol–water partition coefficient (Wildman–Crippen LogP) is 2.06. The van der Waals surface area contributed by atoms with Gasteiger partial charge in [0.15, 0.2) is 17.0 Å². The Labute approximate surface area is 161 Å². The molecule has 1 atom stereocenters. The van der Waals surface area contributed by atoms with Gasteiger partial charge in [-0.2, -0.15) is 0 Å². The molecule has 3 N–H and O–H groups in total. The lowest BCUT2D eigenvalue weighted by molar-refractivity contribution is -0.166. The number of esters is 1. The minimum absolute atomic E-state index is 0.322. The fourth-order valence-electron chi connectivity index (χ4n) is 2.46. The van der Waals surface area contributed by atoms with Crippen molar-refractivity contribution in [1.29, 1.82) is 0 Å². The van der Waals surface area contributed by atoms with E-state index in [1.807, 2.05) is 12.1 Å². The van der Waals surface area contributed by atoms with Crippen molar-refractivity contribution < 1.29 is 23.8 Å². The van der Waals surface area contributed by atoms with Crippen LogP contribution >= 0.6 is 0 Å². The average molecular weight is 380 g/mol. The Bertz CT molecular complexity index is 667. The number of hydrogen-bond acceptors (Lipinski definition) is 6. The Kier molecular flexibility index (Phi) is 7.65. The Morgan fingerprint density at radius 2 is 1.70 bits per heavy atom. The zero-order chi connectivity index (χ0) is 20.8. The molecule has 152 valence electrons. The van der Waals surface area contributed by atoms with E-state index in [4.69, 9.17) is 19.9 Å². The molecule has 1 aromatic carbocycles. The summed E-state index contributed by atoms with van der Waals surface area (Å²) in [5.41, 5.74) is 4.66. The predicted molar refractivity (Wildman–Crippen MR) is 104 cm³/mol. The zero-order valence-corrected chi connectivity index (χ0v) is 17.3. The number of ether oxygens (including phenoxy) is 3. The molecule has 27 heavy (non-hydrogen) atoms. The van der Waals surface area contributed by atoms with Crippen LogP contribution in [0.15, 0.2) is 18.2 Å². The minimum Gasteiger partial charge on any atom is -0.493 e. The molecular weight excluding hydrogens is 348 g/mol. The van der Waals surface area contributed by atoms with Crippen LogP contribution in [0.25, 0.3) is 0 Å². The summed E-state index contributed by atoms with van der Waals surface area (Å²) in [5.74, 6) is -0.448. The van der Waals surface area contributed by atoms with Crippen LogP contribution in [0.2, 0.25) is 0 Å². The highest BCUT2D eigenvalue weighted by atomic mass is 16.6. The van der Waals surface area contributed by atoms with Gasteiger partial charge in [0.25, 0.3) is 5.91 Å². The summed E-state index contributed by atoms with van der Waals surface area (Å²) in [6.45, 7) is 8.97. The number of carbonyl (C=O) groups excluding carboxylic acids is 2. The third kappa shape index (κ3) is 5.85. The number of benzene rings is 1. The summed E-state index contributed by atoms with van der Waals surface area (Å²) < 4.78 is 15.8. The third-order valence-electron chi connectivity index (χ3n) is 4.17. The molecule has 0 aliphatic carbocycles. The van der Waals surface area contributed by atoms with Crippen molar-refractivity contribution in [3.05, 3.63) is 23.8 Å². The second-order valence-corrected chi connectivity index (χ2v) is 7.72. The number of nitrogens with one attached hydrogen (secondary N) is 1. The van der Waals surface area contributed by atoms with E-state index in [0.29, 0.717) is 24.5 Å². The van der Waals surface area contributed by atoms with Crippen molar-refractivity contribution in [2.45, 2.75) is 52.2 Å². The fraction of sp³-hybridized carbons (Fsp3) is 0.600. The molecule has 0 bridgehead atoms. The van der Waals surface area contributed by atoms with Crippen LogP contribution in [0, 0.1) is 5.92 Å². The monoisotopic (exact) mass is 380 g/mol. The Morgan fingerprint density at radius 1 is 1.11 bits per heavy atom. The molecule has 0 heterocycles. The molecule has 0 aliphatic rings. The first-order valence-electron chi connectivity index (χ1n) is 8.97. The minimum atomic E-state index is -1.75. The van der Waals surface area contributed by atoms with Gasteiger partial charge in [0.05, 0.1) is 14.2 Å². The lowest BCUT2D eigenvalue weighted by atomic mass is 9.86. The van der Waals surface area contributed by atoms with Gasteiger partial charge in [-0.1, -0.05) is 19.9 Å². The molecule has 0 saturated heterocycles. The van der Waals surface area contributed by atoms with E-state index in [-0.39, 0.29) is 0 Å². The van der Waals surface area contributed by atoms with Crippen molar-refractivity contribution in [2.24, 2.45) is 11.7 Å². The van der Waals surface area contributed by atoms with Crippen LogP contribution in [0.5, 0.6) is 11.5 Å². The Morgan fingerprint density at radius 3 is 2.19 bits per heavy atom. The van der Waals surface area contributed by atoms with Gasteiger partial charge in [0, 0.05) is 6.54 Å². The lowest BCUT2D eigenvalue weighted by Crippen LogP contribution is -2.64. The fourth-order valence-corrected chi connectivity index (χ4v) is 2.46. The molecule has 0 fully saturated rings. The molecule has 0 aliphatic heterocycles. The SMILES string of the molecule is COc1ccc(CCNC(=O)[C@](N)(C(=O)OC(C)(C)C)C(C)C)cc1OC.